The number of nitrogens with zero attached hydrogens (tertiary/aromatic N) is 1. The summed E-state index contributed by atoms with van der Waals surface area (Å²) in [5.41, 5.74) is 3.98. The molecule has 0 aliphatic carbocycles. The second kappa shape index (κ2) is 2.35. The highest BCUT2D eigenvalue weighted by Gasteiger charge is 2.23. The van der Waals surface area contributed by atoms with E-state index in [0.29, 0.717) is 0 Å². The molecule has 0 aliphatic rings. The fourth-order valence-corrected chi connectivity index (χ4v) is 0.201. The molecule has 0 radical (unpaired) electrons. The van der Waals surface area contributed by atoms with Crippen LogP contribution in [0.2, 0.25) is 0 Å². The molecule has 4 nitrogen and oxygen atoms in total. The van der Waals surface area contributed by atoms with E-state index < -0.39 is 11.4 Å². The number of nitrogens with one attached hydrogen (secondary N) is 1. The minimum Gasteiger partial charge on any atom is -0.368 e. The van der Waals surface area contributed by atoms with Crippen molar-refractivity contribution in [1.29, 1.82) is 5.26 Å². The molecule has 0 aliphatic heterocycles. The van der Waals surface area contributed by atoms with Gasteiger partial charge in [-0.05, 0) is 13.8 Å². The fourth-order valence-electron chi connectivity index (χ4n) is 0.201. The zero-order valence-corrected chi connectivity index (χ0v) is 5.43. The maximum atomic E-state index is 10.4. The molecule has 0 saturated carbocycles. The zero-order valence-electron chi connectivity index (χ0n) is 5.43. The molecule has 0 atom stereocenters. The lowest BCUT2D eigenvalue weighted by Crippen LogP contribution is -2.48. The van der Waals surface area contributed by atoms with Crippen molar-refractivity contribution in [2.75, 3.05) is 0 Å². The molecule has 0 spiro atoms. The smallest absolute Gasteiger partial charge is 0.243 e. The summed E-state index contributed by atoms with van der Waals surface area (Å²) in [6, 6.07) is 0. The third-order valence-corrected chi connectivity index (χ3v) is 0.984. The van der Waals surface area contributed by atoms with Crippen molar-refractivity contribution in [3.63, 3.8) is 0 Å². The highest BCUT2D eigenvalue weighted by atomic mass is 16.1. The largest absolute Gasteiger partial charge is 0.368 e. The maximum Gasteiger partial charge on any atom is 0.243 e. The summed E-state index contributed by atoms with van der Waals surface area (Å²) in [6.45, 7) is 3.08. The number of amides is 1. The summed E-state index contributed by atoms with van der Waals surface area (Å²) in [4.78, 5) is 10.4. The van der Waals surface area contributed by atoms with Crippen LogP contribution < -0.4 is 11.1 Å². The Morgan fingerprint density at radius 1 is 1.78 bits per heavy atom. The Kier molecular flexibility index (Phi) is 2.03. The number of rotatable bonds is 2. The molecule has 0 aromatic carbocycles. The lowest BCUT2D eigenvalue weighted by Gasteiger charge is -2.16. The first-order chi connectivity index (χ1) is 4.00. The Labute approximate surface area is 53.6 Å². The number of nitriles is 1. The first-order valence-corrected chi connectivity index (χ1v) is 2.47. The number of carbonyl (C=O) groups is 1. The molecule has 50 valence electrons. The average Bonchev–Trinajstić information content (AvgIpc) is 1.65. The van der Waals surface area contributed by atoms with Crippen molar-refractivity contribution in [2.45, 2.75) is 19.4 Å². The predicted molar refractivity (Wildman–Crippen MR) is 32.0 cm³/mol. The predicted octanol–water partition coefficient (Wildman–Crippen LogP) is -0.679. The van der Waals surface area contributed by atoms with Crippen molar-refractivity contribution in [3.05, 3.63) is 0 Å². The van der Waals surface area contributed by atoms with Crippen LogP contribution in [0.25, 0.3) is 0 Å². The summed E-state index contributed by atoms with van der Waals surface area (Å²) >= 11 is 0. The van der Waals surface area contributed by atoms with Crippen molar-refractivity contribution < 1.29 is 4.79 Å². The lowest BCUT2D eigenvalue weighted by molar-refractivity contribution is -0.122. The molecular weight excluding hydrogens is 118 g/mol. The Balaban J connectivity index is 4.06. The molecule has 9 heavy (non-hydrogen) atoms. The Morgan fingerprint density at radius 3 is 2.33 bits per heavy atom. The SMILES string of the molecule is CC(C)(NC#N)C(N)=O. The van der Waals surface area contributed by atoms with Crippen molar-refractivity contribution in [1.82, 2.24) is 5.32 Å². The Bertz CT molecular complexity index is 156. The van der Waals surface area contributed by atoms with Crippen LogP contribution in [0.1, 0.15) is 13.8 Å². The average molecular weight is 127 g/mol. The third-order valence-electron chi connectivity index (χ3n) is 0.984. The van der Waals surface area contributed by atoms with E-state index in [1.54, 1.807) is 20.0 Å². The van der Waals surface area contributed by atoms with E-state index in [4.69, 9.17) is 11.0 Å². The van der Waals surface area contributed by atoms with Gasteiger partial charge in [-0.25, -0.2) is 0 Å². The fraction of sp³-hybridized carbons (Fsp3) is 0.600. The van der Waals surface area contributed by atoms with Crippen LogP contribution in [-0.4, -0.2) is 11.4 Å². The van der Waals surface area contributed by atoms with E-state index in [2.05, 4.69) is 5.32 Å². The molecule has 0 fully saturated rings. The van der Waals surface area contributed by atoms with Crippen molar-refractivity contribution >= 4 is 5.91 Å². The summed E-state index contributed by atoms with van der Waals surface area (Å²) in [7, 11) is 0. The van der Waals surface area contributed by atoms with E-state index in [1.165, 1.54) is 0 Å². The van der Waals surface area contributed by atoms with Gasteiger partial charge in [-0.3, -0.25) is 4.79 Å². The van der Waals surface area contributed by atoms with Crippen LogP contribution in [0.3, 0.4) is 0 Å². The molecule has 4 heteroatoms. The van der Waals surface area contributed by atoms with E-state index in [0.717, 1.165) is 0 Å². The van der Waals surface area contributed by atoms with Gasteiger partial charge in [0.15, 0.2) is 6.19 Å². The molecule has 3 N–H and O–H groups in total. The standard InChI is InChI=1S/C5H9N3O/c1-5(2,4(7)9)8-3-6/h8H,1-2H3,(H2,7,9). The molecule has 0 aromatic heterocycles. The van der Waals surface area contributed by atoms with Crippen LogP contribution in [0.15, 0.2) is 0 Å². The van der Waals surface area contributed by atoms with Crippen LogP contribution in [0.5, 0.6) is 0 Å². The minimum absolute atomic E-state index is 0.538. The number of hydrogen-bond donors (Lipinski definition) is 2. The van der Waals surface area contributed by atoms with Gasteiger partial charge >= 0.3 is 0 Å². The van der Waals surface area contributed by atoms with Crippen LogP contribution >= 0.6 is 0 Å². The number of primary amides is 1. The normalized spacial score (nSPS) is 9.89. The number of carbonyl (C=O) groups excluding carboxylic acids is 1. The quantitative estimate of drug-likeness (QED) is 0.381. The lowest BCUT2D eigenvalue weighted by atomic mass is 10.1. The van der Waals surface area contributed by atoms with Crippen molar-refractivity contribution in [3.8, 4) is 6.19 Å². The van der Waals surface area contributed by atoms with Gasteiger partial charge in [-0.2, -0.15) is 5.26 Å². The highest BCUT2D eigenvalue weighted by molar-refractivity contribution is 5.83. The maximum absolute atomic E-state index is 10.4. The Hall–Kier alpha value is -1.24. The monoisotopic (exact) mass is 127 g/mol. The van der Waals surface area contributed by atoms with Crippen molar-refractivity contribution in [2.24, 2.45) is 5.73 Å². The van der Waals surface area contributed by atoms with Crippen LogP contribution in [0, 0.1) is 11.5 Å². The first kappa shape index (κ1) is 7.76. The third kappa shape index (κ3) is 2.00. The van der Waals surface area contributed by atoms with Gasteiger partial charge in [-0.1, -0.05) is 0 Å². The zero-order chi connectivity index (χ0) is 7.49. The van der Waals surface area contributed by atoms with E-state index in [-0.39, 0.29) is 0 Å². The summed E-state index contributed by atoms with van der Waals surface area (Å²) < 4.78 is 0. The Morgan fingerprint density at radius 2 is 2.22 bits per heavy atom. The molecule has 0 aromatic rings. The second-order valence-electron chi connectivity index (χ2n) is 2.23. The highest BCUT2D eigenvalue weighted by Crippen LogP contribution is 1.97. The first-order valence-electron chi connectivity index (χ1n) is 2.47. The van der Waals surface area contributed by atoms with E-state index >= 15 is 0 Å². The minimum atomic E-state index is -0.922. The topological polar surface area (TPSA) is 78.9 Å². The molecule has 1 amide bonds. The van der Waals surface area contributed by atoms with Crippen LogP contribution in [-0.2, 0) is 4.79 Å². The molecule has 0 heterocycles. The van der Waals surface area contributed by atoms with Gasteiger partial charge in [-0.15, -0.1) is 0 Å². The second-order valence-corrected chi connectivity index (χ2v) is 2.23. The van der Waals surface area contributed by atoms with E-state index in [9.17, 15) is 4.79 Å². The summed E-state index contributed by atoms with van der Waals surface area (Å²) in [6.07, 6.45) is 1.64. The molecule has 0 saturated heterocycles. The summed E-state index contributed by atoms with van der Waals surface area (Å²) in [5.74, 6) is -0.538. The molecule has 0 bridgehead atoms. The molecule has 0 unspecified atom stereocenters. The van der Waals surface area contributed by atoms with Gasteiger partial charge < -0.3 is 11.1 Å². The van der Waals surface area contributed by atoms with E-state index in [1.807, 2.05) is 0 Å². The van der Waals surface area contributed by atoms with Gasteiger partial charge in [0.25, 0.3) is 0 Å². The van der Waals surface area contributed by atoms with Gasteiger partial charge in [0.1, 0.15) is 5.54 Å². The van der Waals surface area contributed by atoms with Gasteiger partial charge in [0, 0.05) is 0 Å². The summed E-state index contributed by atoms with van der Waals surface area (Å²) in [5, 5.41) is 10.3. The number of nitrogens with two attached hydrogens (primary N) is 1. The van der Waals surface area contributed by atoms with Crippen LogP contribution in [0.4, 0.5) is 0 Å². The number of hydrogen-bond acceptors (Lipinski definition) is 3. The van der Waals surface area contributed by atoms with Gasteiger partial charge in [0.2, 0.25) is 5.91 Å². The molecule has 0 rings (SSSR count). The molecular formula is C5H9N3O. The van der Waals surface area contributed by atoms with Gasteiger partial charge in [0.05, 0.1) is 0 Å².